The number of methoxy groups -OCH3 is 1. The minimum Gasteiger partial charge on any atom is -0.465 e. The molecule has 0 fully saturated rings. The molecular weight excluding hydrogens is 292 g/mol. The molecule has 0 aliphatic heterocycles. The molecule has 23 heavy (non-hydrogen) atoms. The molecule has 0 bridgehead atoms. The Balaban J connectivity index is 2.11. The van der Waals surface area contributed by atoms with Crippen LogP contribution in [0.3, 0.4) is 0 Å². The van der Waals surface area contributed by atoms with E-state index in [4.69, 9.17) is 4.74 Å². The van der Waals surface area contributed by atoms with E-state index in [1.165, 1.54) is 11.7 Å². The van der Waals surface area contributed by atoms with E-state index >= 15 is 0 Å². The first kappa shape index (κ1) is 15.0. The highest BCUT2D eigenvalue weighted by Crippen LogP contribution is 2.15. The zero-order valence-electron chi connectivity index (χ0n) is 12.9. The molecule has 0 amide bonds. The number of rotatable bonds is 3. The lowest BCUT2D eigenvalue weighted by atomic mass is 10.0. The van der Waals surface area contributed by atoms with Crippen molar-refractivity contribution in [1.29, 1.82) is 0 Å². The summed E-state index contributed by atoms with van der Waals surface area (Å²) >= 11 is 0. The molecule has 2 aromatic carbocycles. The van der Waals surface area contributed by atoms with Gasteiger partial charge in [-0.2, -0.15) is 0 Å². The van der Waals surface area contributed by atoms with Crippen molar-refractivity contribution in [1.82, 2.24) is 9.55 Å². The number of nitrogens with zero attached hydrogens (tertiary/aromatic N) is 2. The van der Waals surface area contributed by atoms with E-state index in [0.29, 0.717) is 28.7 Å². The van der Waals surface area contributed by atoms with Crippen molar-refractivity contribution in [3.63, 3.8) is 0 Å². The van der Waals surface area contributed by atoms with Crippen LogP contribution in [0.2, 0.25) is 0 Å². The second-order valence-electron chi connectivity index (χ2n) is 5.23. The van der Waals surface area contributed by atoms with Crippen molar-refractivity contribution in [3.05, 3.63) is 75.8 Å². The molecule has 0 atom stereocenters. The van der Waals surface area contributed by atoms with E-state index in [0.717, 1.165) is 5.56 Å². The fourth-order valence-electron chi connectivity index (χ4n) is 2.58. The molecule has 0 saturated heterocycles. The third-order valence-electron chi connectivity index (χ3n) is 3.85. The monoisotopic (exact) mass is 308 g/mol. The van der Waals surface area contributed by atoms with Crippen molar-refractivity contribution in [2.24, 2.45) is 7.05 Å². The minimum absolute atomic E-state index is 0.0962. The molecule has 0 aliphatic carbocycles. The molecule has 5 nitrogen and oxygen atoms in total. The van der Waals surface area contributed by atoms with E-state index in [2.05, 4.69) is 4.98 Å². The molecule has 0 saturated carbocycles. The fourth-order valence-corrected chi connectivity index (χ4v) is 2.58. The van der Waals surface area contributed by atoms with Crippen molar-refractivity contribution in [3.8, 4) is 0 Å². The van der Waals surface area contributed by atoms with Gasteiger partial charge in [-0.05, 0) is 23.8 Å². The molecule has 5 heteroatoms. The third-order valence-corrected chi connectivity index (χ3v) is 3.85. The van der Waals surface area contributed by atoms with Gasteiger partial charge in [0.15, 0.2) is 0 Å². The number of fused-ring (bicyclic) bond motifs is 1. The average molecular weight is 308 g/mol. The Bertz CT molecular complexity index is 944. The molecule has 0 unspecified atom stereocenters. The van der Waals surface area contributed by atoms with Gasteiger partial charge in [0, 0.05) is 13.5 Å². The van der Waals surface area contributed by atoms with Crippen LogP contribution in [-0.4, -0.2) is 22.6 Å². The van der Waals surface area contributed by atoms with Crippen LogP contribution in [-0.2, 0) is 18.2 Å². The van der Waals surface area contributed by atoms with E-state index in [1.54, 1.807) is 25.2 Å². The van der Waals surface area contributed by atoms with Crippen LogP contribution in [0.4, 0.5) is 0 Å². The number of para-hydroxylation sites is 1. The van der Waals surface area contributed by atoms with Gasteiger partial charge in [0.1, 0.15) is 5.82 Å². The maximum absolute atomic E-state index is 12.4. The van der Waals surface area contributed by atoms with Crippen LogP contribution in [0, 0.1) is 0 Å². The van der Waals surface area contributed by atoms with Crippen LogP contribution >= 0.6 is 0 Å². The molecule has 0 radical (unpaired) electrons. The van der Waals surface area contributed by atoms with Gasteiger partial charge in [0.05, 0.1) is 23.6 Å². The Morgan fingerprint density at radius 3 is 2.61 bits per heavy atom. The summed E-state index contributed by atoms with van der Waals surface area (Å²) in [4.78, 5) is 28.9. The number of benzene rings is 2. The number of aromatic nitrogens is 2. The molecule has 0 aliphatic rings. The summed E-state index contributed by atoms with van der Waals surface area (Å²) < 4.78 is 6.34. The van der Waals surface area contributed by atoms with E-state index in [1.807, 2.05) is 30.3 Å². The highest BCUT2D eigenvalue weighted by atomic mass is 16.5. The normalized spacial score (nSPS) is 10.7. The molecule has 1 aromatic heterocycles. The number of hydrogen-bond acceptors (Lipinski definition) is 4. The summed E-state index contributed by atoms with van der Waals surface area (Å²) in [5.74, 6) is 0.205. The number of carbonyl (C=O) groups excluding carboxylic acids is 1. The second-order valence-corrected chi connectivity index (χ2v) is 5.23. The number of carbonyl (C=O) groups is 1. The largest absolute Gasteiger partial charge is 0.465 e. The van der Waals surface area contributed by atoms with Gasteiger partial charge in [-0.1, -0.05) is 30.3 Å². The fraction of sp³-hybridized carbons (Fsp3) is 0.167. The third kappa shape index (κ3) is 2.73. The Morgan fingerprint density at radius 2 is 1.83 bits per heavy atom. The van der Waals surface area contributed by atoms with E-state index in [-0.39, 0.29) is 5.56 Å². The summed E-state index contributed by atoms with van der Waals surface area (Å²) in [5.41, 5.74) is 1.82. The molecule has 3 aromatic rings. The summed E-state index contributed by atoms with van der Waals surface area (Å²) in [6.45, 7) is 0. The zero-order valence-corrected chi connectivity index (χ0v) is 12.9. The Labute approximate surface area is 133 Å². The SMILES string of the molecule is COC(=O)c1ccccc1Cc1nc2ccccc2c(=O)n1C. The molecule has 0 N–H and O–H groups in total. The second kappa shape index (κ2) is 6.04. The Morgan fingerprint density at radius 1 is 1.13 bits per heavy atom. The van der Waals surface area contributed by atoms with Gasteiger partial charge in [-0.25, -0.2) is 9.78 Å². The summed E-state index contributed by atoms with van der Waals surface area (Å²) in [7, 11) is 3.04. The summed E-state index contributed by atoms with van der Waals surface area (Å²) in [6, 6.07) is 14.4. The van der Waals surface area contributed by atoms with Gasteiger partial charge in [0.2, 0.25) is 0 Å². The van der Waals surface area contributed by atoms with Crippen LogP contribution in [0.5, 0.6) is 0 Å². The molecule has 0 spiro atoms. The number of esters is 1. The highest BCUT2D eigenvalue weighted by molar-refractivity contribution is 5.91. The van der Waals surface area contributed by atoms with Gasteiger partial charge in [-0.3, -0.25) is 9.36 Å². The molecule has 116 valence electrons. The first-order valence-corrected chi connectivity index (χ1v) is 7.22. The zero-order chi connectivity index (χ0) is 16.4. The Kier molecular flexibility index (Phi) is 3.93. The maximum atomic E-state index is 12.4. The summed E-state index contributed by atoms with van der Waals surface area (Å²) in [5, 5.41) is 0.583. The van der Waals surface area contributed by atoms with E-state index in [9.17, 15) is 9.59 Å². The van der Waals surface area contributed by atoms with Crippen molar-refractivity contribution < 1.29 is 9.53 Å². The number of hydrogen-bond donors (Lipinski definition) is 0. The lowest BCUT2D eigenvalue weighted by Gasteiger charge is -2.11. The van der Waals surface area contributed by atoms with Crippen LogP contribution in [0.25, 0.3) is 10.9 Å². The predicted octanol–water partition coefficient (Wildman–Crippen LogP) is 2.31. The minimum atomic E-state index is -0.397. The van der Waals surface area contributed by atoms with Gasteiger partial charge in [-0.15, -0.1) is 0 Å². The standard InChI is InChI=1S/C18H16N2O3/c1-20-16(19-15-10-6-5-9-14(15)17(20)21)11-12-7-3-4-8-13(12)18(22)23-2/h3-10H,11H2,1-2H3. The van der Waals surface area contributed by atoms with Crippen molar-refractivity contribution >= 4 is 16.9 Å². The predicted molar refractivity (Wildman–Crippen MR) is 87.6 cm³/mol. The lowest BCUT2D eigenvalue weighted by molar-refractivity contribution is 0.0599. The Hall–Kier alpha value is -2.95. The quantitative estimate of drug-likeness (QED) is 0.697. The topological polar surface area (TPSA) is 61.2 Å². The first-order chi connectivity index (χ1) is 11.1. The van der Waals surface area contributed by atoms with Crippen LogP contribution in [0.15, 0.2) is 53.3 Å². The van der Waals surface area contributed by atoms with Gasteiger partial charge < -0.3 is 4.74 Å². The smallest absolute Gasteiger partial charge is 0.338 e. The van der Waals surface area contributed by atoms with Crippen LogP contribution in [0.1, 0.15) is 21.7 Å². The van der Waals surface area contributed by atoms with Crippen molar-refractivity contribution in [2.45, 2.75) is 6.42 Å². The number of ether oxygens (including phenoxy) is 1. The highest BCUT2D eigenvalue weighted by Gasteiger charge is 2.14. The average Bonchev–Trinajstić information content (AvgIpc) is 2.59. The van der Waals surface area contributed by atoms with Gasteiger partial charge >= 0.3 is 5.97 Å². The lowest BCUT2D eigenvalue weighted by Crippen LogP contribution is -2.23. The summed E-state index contributed by atoms with van der Waals surface area (Å²) in [6.07, 6.45) is 0.377. The maximum Gasteiger partial charge on any atom is 0.338 e. The molecular formula is C18H16N2O3. The van der Waals surface area contributed by atoms with Gasteiger partial charge in [0.25, 0.3) is 5.56 Å². The van der Waals surface area contributed by atoms with Crippen LogP contribution < -0.4 is 5.56 Å². The molecule has 3 rings (SSSR count). The first-order valence-electron chi connectivity index (χ1n) is 7.22. The van der Waals surface area contributed by atoms with Crippen molar-refractivity contribution in [2.75, 3.05) is 7.11 Å². The van der Waals surface area contributed by atoms with E-state index < -0.39 is 5.97 Å². The molecule has 1 heterocycles.